The quantitative estimate of drug-likeness (QED) is 0.0506. The molecule has 200 valence electrons. The summed E-state index contributed by atoms with van der Waals surface area (Å²) < 4.78 is 5.23. The maximum absolute atomic E-state index is 13.8. The highest BCUT2D eigenvalue weighted by Gasteiger charge is 2.67. The largest absolute Gasteiger partial charge is 0.452 e. The van der Waals surface area contributed by atoms with Crippen molar-refractivity contribution >= 4 is 23.8 Å². The first-order valence-electron chi connectivity index (χ1n) is 11.4. The van der Waals surface area contributed by atoms with Crippen molar-refractivity contribution in [2.75, 3.05) is 0 Å². The van der Waals surface area contributed by atoms with E-state index in [1.54, 1.807) is 6.07 Å². The van der Waals surface area contributed by atoms with E-state index >= 15 is 0 Å². The van der Waals surface area contributed by atoms with Crippen molar-refractivity contribution in [1.29, 1.82) is 0 Å². The van der Waals surface area contributed by atoms with Gasteiger partial charge in [0.05, 0.1) is 5.56 Å². The molecule has 0 saturated carbocycles. The highest BCUT2D eigenvalue weighted by Crippen LogP contribution is 2.36. The van der Waals surface area contributed by atoms with Gasteiger partial charge in [0.15, 0.2) is 18.6 Å². The van der Waals surface area contributed by atoms with E-state index in [9.17, 15) is 39.6 Å². The molecule has 0 aliphatic heterocycles. The smallest absolute Gasteiger partial charge is 0.338 e. The second-order valence-electron chi connectivity index (χ2n) is 8.34. The molecule has 1 unspecified atom stereocenters. The molecule has 0 fully saturated rings. The van der Waals surface area contributed by atoms with Crippen LogP contribution in [0.25, 0.3) is 10.4 Å². The Hall–Kier alpha value is -4.71. The fraction of sp³-hybridized carbons (Fsp3) is 0.185. The minimum atomic E-state index is -3.77. The van der Waals surface area contributed by atoms with Crippen LogP contribution >= 0.6 is 0 Å². The second-order valence-corrected chi connectivity index (χ2v) is 8.34. The summed E-state index contributed by atoms with van der Waals surface area (Å²) >= 11 is 0. The van der Waals surface area contributed by atoms with Crippen molar-refractivity contribution in [1.82, 2.24) is 0 Å². The van der Waals surface area contributed by atoms with Gasteiger partial charge in [0.25, 0.3) is 0 Å². The highest BCUT2D eigenvalue weighted by atomic mass is 16.6. The van der Waals surface area contributed by atoms with Crippen LogP contribution in [0.3, 0.4) is 0 Å². The number of hydrogen-bond acceptors (Lipinski definition) is 10. The number of aldehydes is 1. The molecule has 0 saturated heterocycles. The van der Waals surface area contributed by atoms with Gasteiger partial charge in [-0.3, -0.25) is 14.4 Å². The molecule has 0 aliphatic carbocycles. The third-order valence-corrected chi connectivity index (χ3v) is 5.96. The van der Waals surface area contributed by atoms with Gasteiger partial charge in [-0.25, -0.2) is 4.79 Å². The lowest BCUT2D eigenvalue weighted by Gasteiger charge is -2.44. The third kappa shape index (κ3) is 5.60. The summed E-state index contributed by atoms with van der Waals surface area (Å²) in [6.45, 7) is 0. The van der Waals surface area contributed by atoms with Crippen LogP contribution in [-0.2, 0) is 9.53 Å². The molecule has 39 heavy (non-hydrogen) atoms. The predicted molar refractivity (Wildman–Crippen MR) is 134 cm³/mol. The molecular weight excluding hydrogens is 510 g/mol. The predicted octanol–water partition coefficient (Wildman–Crippen LogP) is 1.63. The zero-order valence-electron chi connectivity index (χ0n) is 20.1. The number of azide groups is 1. The first kappa shape index (κ1) is 28.9. The molecule has 5 atom stereocenters. The van der Waals surface area contributed by atoms with Crippen molar-refractivity contribution in [3.63, 3.8) is 0 Å². The lowest BCUT2D eigenvalue weighted by molar-refractivity contribution is -0.189. The van der Waals surface area contributed by atoms with E-state index in [0.717, 1.165) is 12.1 Å². The maximum atomic E-state index is 13.8. The fourth-order valence-corrected chi connectivity index (χ4v) is 3.89. The lowest BCUT2D eigenvalue weighted by atomic mass is 9.69. The molecule has 0 aromatic heterocycles. The van der Waals surface area contributed by atoms with Crippen LogP contribution in [0, 0.1) is 0 Å². The summed E-state index contributed by atoms with van der Waals surface area (Å²) in [5.41, 5.74) is 0.433. The fourth-order valence-electron chi connectivity index (χ4n) is 3.89. The van der Waals surface area contributed by atoms with Crippen LogP contribution in [0.2, 0.25) is 0 Å². The zero-order valence-corrected chi connectivity index (χ0v) is 20.1. The Balaban J connectivity index is 2.31. The molecule has 0 spiro atoms. The molecule has 3 aromatic carbocycles. The molecule has 0 bridgehead atoms. The Bertz CT molecular complexity index is 1380. The topological polar surface area (TPSA) is 207 Å². The van der Waals surface area contributed by atoms with Crippen LogP contribution in [0.4, 0.5) is 0 Å². The minimum absolute atomic E-state index is 0.161. The Morgan fingerprint density at radius 2 is 1.23 bits per heavy atom. The summed E-state index contributed by atoms with van der Waals surface area (Å²) in [7, 11) is 0. The number of esters is 1. The number of rotatable bonds is 12. The monoisotopic (exact) mass is 533 g/mol. The SMILES string of the molecule is [N-]=[N+]=NC(O)[C@@H](O)[C@@H](OC(=O)c1ccccc1)[C@@](O)(C(=O)c1ccccc1)[C@@](O)(C=O)C(=O)c1ccccc1. The Labute approximate surface area is 221 Å². The van der Waals surface area contributed by atoms with Gasteiger partial charge in [0, 0.05) is 16.0 Å². The number of hydrogen-bond donors (Lipinski definition) is 4. The van der Waals surface area contributed by atoms with Gasteiger partial charge >= 0.3 is 5.97 Å². The molecule has 0 radical (unpaired) electrons. The van der Waals surface area contributed by atoms with E-state index in [0.29, 0.717) is 0 Å². The van der Waals surface area contributed by atoms with E-state index in [1.807, 2.05) is 0 Å². The van der Waals surface area contributed by atoms with E-state index in [4.69, 9.17) is 10.3 Å². The van der Waals surface area contributed by atoms with E-state index < -0.39 is 53.5 Å². The van der Waals surface area contributed by atoms with Crippen molar-refractivity contribution in [2.24, 2.45) is 5.11 Å². The number of carbonyl (C=O) groups is 4. The van der Waals surface area contributed by atoms with Crippen molar-refractivity contribution in [2.45, 2.75) is 29.6 Å². The molecule has 4 N–H and O–H groups in total. The van der Waals surface area contributed by atoms with Gasteiger partial charge in [-0.1, -0.05) is 84.0 Å². The van der Waals surface area contributed by atoms with E-state index in [1.165, 1.54) is 72.8 Å². The molecule has 3 rings (SSSR count). The molecular formula is C27H23N3O9. The number of nitrogens with zero attached hydrogens (tertiary/aromatic N) is 3. The molecule has 0 amide bonds. The van der Waals surface area contributed by atoms with Gasteiger partial charge in [-0.05, 0) is 17.7 Å². The van der Waals surface area contributed by atoms with Crippen LogP contribution in [-0.4, -0.2) is 73.9 Å². The highest BCUT2D eigenvalue weighted by molar-refractivity contribution is 6.19. The molecule has 0 heterocycles. The Morgan fingerprint density at radius 3 is 1.67 bits per heavy atom. The number of aliphatic hydroxyl groups is 4. The molecule has 12 nitrogen and oxygen atoms in total. The standard InChI is InChI=1S/C27H23N3O9/c28-30-29-24(35)20(32)23(39-25(36)19-14-8-3-9-15-19)27(38,22(34)18-12-6-2-7-13-18)26(37,16-31)21(33)17-10-4-1-5-11-17/h1-16,20,23-24,32,35,37-38H/t20-,23+,24?,26+,27-/m0/s1. The van der Waals surface area contributed by atoms with Gasteiger partial charge in [0.2, 0.25) is 22.8 Å². The number of Topliss-reactive ketones (excluding diaryl/α,β-unsaturated/α-hetero) is 2. The van der Waals surface area contributed by atoms with Gasteiger partial charge in [-0.15, -0.1) is 0 Å². The minimum Gasteiger partial charge on any atom is -0.452 e. The number of aliphatic hydroxyl groups excluding tert-OH is 2. The number of ether oxygens (including phenoxy) is 1. The third-order valence-electron chi connectivity index (χ3n) is 5.96. The van der Waals surface area contributed by atoms with Crippen LogP contribution in [0.1, 0.15) is 31.1 Å². The van der Waals surface area contributed by atoms with Crippen LogP contribution in [0.15, 0.2) is 96.1 Å². The summed E-state index contributed by atoms with van der Waals surface area (Å²) in [4.78, 5) is 55.1. The van der Waals surface area contributed by atoms with Crippen molar-refractivity contribution in [3.8, 4) is 0 Å². The Morgan fingerprint density at radius 1 is 0.795 bits per heavy atom. The van der Waals surface area contributed by atoms with E-state index in [2.05, 4.69) is 10.0 Å². The number of ketones is 2. The molecule has 3 aromatic rings. The molecule has 0 aliphatic rings. The first-order valence-corrected chi connectivity index (χ1v) is 11.4. The van der Waals surface area contributed by atoms with Gasteiger partial charge in [-0.2, -0.15) is 0 Å². The van der Waals surface area contributed by atoms with Crippen molar-refractivity contribution in [3.05, 3.63) is 118 Å². The van der Waals surface area contributed by atoms with Gasteiger partial charge < -0.3 is 25.2 Å². The van der Waals surface area contributed by atoms with Gasteiger partial charge in [0.1, 0.15) is 6.10 Å². The normalized spacial score (nSPS) is 16.2. The number of benzene rings is 3. The Kier molecular flexibility index (Phi) is 9.04. The first-order chi connectivity index (χ1) is 18.6. The second kappa shape index (κ2) is 12.2. The molecule has 12 heteroatoms. The summed E-state index contributed by atoms with van der Waals surface area (Å²) in [5, 5.41) is 47.6. The summed E-state index contributed by atoms with van der Waals surface area (Å²) in [5.74, 6) is -4.30. The van der Waals surface area contributed by atoms with Crippen LogP contribution < -0.4 is 0 Å². The summed E-state index contributed by atoms with van der Waals surface area (Å²) in [6, 6.07) is 20.2. The van der Waals surface area contributed by atoms with Crippen LogP contribution in [0.5, 0.6) is 0 Å². The van der Waals surface area contributed by atoms with Crippen molar-refractivity contribution < 1.29 is 44.3 Å². The average Bonchev–Trinajstić information content (AvgIpc) is 2.99. The zero-order chi connectivity index (χ0) is 28.6. The summed E-state index contributed by atoms with van der Waals surface area (Å²) in [6.07, 6.45) is -8.26. The average molecular weight is 533 g/mol. The number of carbonyl (C=O) groups excluding carboxylic acids is 4. The maximum Gasteiger partial charge on any atom is 0.338 e. The lowest BCUT2D eigenvalue weighted by Crippen LogP contribution is -2.73. The van der Waals surface area contributed by atoms with E-state index in [-0.39, 0.29) is 16.7 Å².